The normalized spacial score (nSPS) is 14.6. The minimum Gasteiger partial charge on any atom is -1.00 e. The summed E-state index contributed by atoms with van der Waals surface area (Å²) in [6.45, 7) is 3.13. The van der Waals surface area contributed by atoms with Crippen molar-refractivity contribution in [3.63, 3.8) is 0 Å². The van der Waals surface area contributed by atoms with Crippen molar-refractivity contribution in [2.75, 3.05) is 34.8 Å². The van der Waals surface area contributed by atoms with E-state index in [-0.39, 0.29) is 18.8 Å². The van der Waals surface area contributed by atoms with E-state index in [0.29, 0.717) is 6.42 Å². The molecule has 1 aliphatic heterocycles. The summed E-state index contributed by atoms with van der Waals surface area (Å²) in [5.74, 6) is 0.0373. The summed E-state index contributed by atoms with van der Waals surface area (Å²) in [5.41, 5.74) is 7.22. The second-order valence-electron chi connectivity index (χ2n) is 9.33. The van der Waals surface area contributed by atoms with Gasteiger partial charge in [-0.3, -0.25) is 4.79 Å². The first-order chi connectivity index (χ1) is 15.1. The minimum atomic E-state index is -0.788. The number of aliphatic carboxylic acids is 1. The fraction of sp³-hybridized carbons (Fsp3) is 0.385. The van der Waals surface area contributed by atoms with Crippen LogP contribution in [-0.4, -0.2) is 61.1 Å². The lowest BCUT2D eigenvalue weighted by atomic mass is 10.0. The highest BCUT2D eigenvalue weighted by Crippen LogP contribution is 2.29. The third kappa shape index (κ3) is 7.62. The number of aromatic amines is 1. The number of ether oxygens (including phenoxy) is 1. The van der Waals surface area contributed by atoms with E-state index in [9.17, 15) is 4.79 Å². The van der Waals surface area contributed by atoms with Crippen LogP contribution in [0.5, 0.6) is 5.75 Å². The predicted octanol–water partition coefficient (Wildman–Crippen LogP) is 1.61. The number of nitrogens with zero attached hydrogens (tertiary/aromatic N) is 2. The van der Waals surface area contributed by atoms with Gasteiger partial charge in [-0.05, 0) is 73.4 Å². The van der Waals surface area contributed by atoms with Gasteiger partial charge in [0.2, 0.25) is 0 Å². The Kier molecular flexibility index (Phi) is 9.08. The lowest BCUT2D eigenvalue weighted by molar-refractivity contribution is -0.870. The van der Waals surface area contributed by atoms with Crippen LogP contribution in [0.2, 0.25) is 0 Å². The van der Waals surface area contributed by atoms with Crippen LogP contribution in [0.3, 0.4) is 0 Å². The van der Waals surface area contributed by atoms with Crippen molar-refractivity contribution in [2.24, 2.45) is 4.99 Å². The van der Waals surface area contributed by atoms with E-state index in [1.54, 1.807) is 7.11 Å². The Labute approximate surface area is 202 Å². The molecule has 1 aliphatic rings. The SMILES string of the molecule is COc1ccc(C2=NC(=Cc3[nH]c(CCC(=O)O)cc3C)C(CCC[N+](C)(C)C)=C2)cc1.[Cl-]. The molecule has 0 aliphatic carbocycles. The highest BCUT2D eigenvalue weighted by molar-refractivity contribution is 6.12. The number of methoxy groups -OCH3 is 1. The number of carboxylic acids is 1. The average Bonchev–Trinajstić information content (AvgIpc) is 3.29. The first-order valence-corrected chi connectivity index (χ1v) is 11.0. The zero-order valence-corrected chi connectivity index (χ0v) is 20.9. The molecule has 33 heavy (non-hydrogen) atoms. The molecule has 0 fully saturated rings. The molecule has 2 heterocycles. The number of H-pyrrole nitrogens is 1. The van der Waals surface area contributed by atoms with E-state index >= 15 is 0 Å². The number of hydrogen-bond acceptors (Lipinski definition) is 3. The Bertz CT molecular complexity index is 1060. The van der Waals surface area contributed by atoms with Crippen LogP contribution < -0.4 is 17.1 Å². The van der Waals surface area contributed by atoms with E-state index in [0.717, 1.165) is 63.5 Å². The molecule has 6 nitrogen and oxygen atoms in total. The standard InChI is InChI=1S/C26H33N3O3.ClH/c1-18-15-21(10-13-26(30)31)27-23(18)17-25-20(7-6-14-29(2,3)4)16-24(28-25)19-8-11-22(32-5)12-9-19;/h8-9,11-12,15-17H,6-7,10,13-14H2,1-5H3,(H-,27,28,30,31);1H. The Balaban J connectivity index is 0.00000385. The monoisotopic (exact) mass is 471 g/mol. The maximum atomic E-state index is 10.9. The van der Waals surface area contributed by atoms with Gasteiger partial charge in [0, 0.05) is 23.4 Å². The highest BCUT2D eigenvalue weighted by Gasteiger charge is 2.18. The van der Waals surface area contributed by atoms with Crippen LogP contribution in [-0.2, 0) is 11.2 Å². The zero-order chi connectivity index (χ0) is 23.3. The summed E-state index contributed by atoms with van der Waals surface area (Å²) in [5, 5.41) is 8.97. The molecule has 2 N–H and O–H groups in total. The van der Waals surface area contributed by atoms with Crippen molar-refractivity contribution in [1.29, 1.82) is 0 Å². The summed E-state index contributed by atoms with van der Waals surface area (Å²) < 4.78 is 6.21. The van der Waals surface area contributed by atoms with Crippen molar-refractivity contribution >= 4 is 17.8 Å². The van der Waals surface area contributed by atoms with Crippen LogP contribution in [0.4, 0.5) is 0 Å². The van der Waals surface area contributed by atoms with Crippen molar-refractivity contribution in [3.05, 3.63) is 70.2 Å². The first kappa shape index (κ1) is 26.4. The molecular weight excluding hydrogens is 438 g/mol. The molecule has 0 saturated heterocycles. The quantitative estimate of drug-likeness (QED) is 0.517. The lowest BCUT2D eigenvalue weighted by Crippen LogP contribution is -3.00. The maximum Gasteiger partial charge on any atom is 0.303 e. The van der Waals surface area contributed by atoms with Gasteiger partial charge in [-0.2, -0.15) is 0 Å². The lowest BCUT2D eigenvalue weighted by Gasteiger charge is -2.23. The van der Waals surface area contributed by atoms with Gasteiger partial charge in [0.25, 0.3) is 0 Å². The van der Waals surface area contributed by atoms with Gasteiger partial charge in [-0.25, -0.2) is 4.99 Å². The second-order valence-corrected chi connectivity index (χ2v) is 9.33. The van der Waals surface area contributed by atoms with Gasteiger partial charge in [0.15, 0.2) is 0 Å². The van der Waals surface area contributed by atoms with E-state index in [1.807, 2.05) is 37.3 Å². The highest BCUT2D eigenvalue weighted by atomic mass is 35.5. The number of aromatic nitrogens is 1. The maximum absolute atomic E-state index is 10.9. The number of nitrogens with one attached hydrogen (secondary N) is 1. The number of allylic oxidation sites excluding steroid dienone is 2. The average molecular weight is 472 g/mol. The van der Waals surface area contributed by atoms with E-state index < -0.39 is 5.97 Å². The predicted molar refractivity (Wildman–Crippen MR) is 129 cm³/mol. The molecule has 3 rings (SSSR count). The molecular formula is C26H34ClN3O3. The summed E-state index contributed by atoms with van der Waals surface area (Å²) in [4.78, 5) is 19.2. The number of rotatable bonds is 10. The summed E-state index contributed by atoms with van der Waals surface area (Å²) in [6.07, 6.45) is 6.92. The first-order valence-electron chi connectivity index (χ1n) is 11.0. The van der Waals surface area contributed by atoms with E-state index in [4.69, 9.17) is 14.8 Å². The molecule has 0 unspecified atom stereocenters. The molecule has 0 amide bonds. The number of aryl methyl sites for hydroxylation is 2. The third-order valence-corrected chi connectivity index (χ3v) is 5.54. The zero-order valence-electron chi connectivity index (χ0n) is 20.1. The van der Waals surface area contributed by atoms with Crippen molar-refractivity contribution < 1.29 is 31.5 Å². The third-order valence-electron chi connectivity index (χ3n) is 5.54. The van der Waals surface area contributed by atoms with Crippen LogP contribution >= 0.6 is 0 Å². The van der Waals surface area contributed by atoms with Gasteiger partial charge in [0.05, 0.1) is 52.6 Å². The fourth-order valence-electron chi connectivity index (χ4n) is 3.76. The van der Waals surface area contributed by atoms with Crippen LogP contribution in [0, 0.1) is 6.92 Å². The van der Waals surface area contributed by atoms with Crippen LogP contribution in [0.1, 0.15) is 41.8 Å². The Hall–Kier alpha value is -2.83. The topological polar surface area (TPSA) is 74.7 Å². The number of carboxylic acid groups (broad SMARTS) is 1. The number of halogens is 1. The number of aliphatic imine (C=N–C) groups is 1. The molecule has 1 aromatic heterocycles. The molecule has 1 aromatic carbocycles. The van der Waals surface area contributed by atoms with Gasteiger partial charge in [0.1, 0.15) is 5.75 Å². The molecule has 0 radical (unpaired) electrons. The van der Waals surface area contributed by atoms with Gasteiger partial charge >= 0.3 is 5.97 Å². The fourth-order valence-corrected chi connectivity index (χ4v) is 3.76. The Morgan fingerprint density at radius 2 is 1.88 bits per heavy atom. The van der Waals surface area contributed by atoms with Crippen molar-refractivity contribution in [1.82, 2.24) is 4.98 Å². The van der Waals surface area contributed by atoms with Crippen LogP contribution in [0.15, 0.2) is 52.7 Å². The molecule has 178 valence electrons. The van der Waals surface area contributed by atoms with Crippen molar-refractivity contribution in [3.8, 4) is 5.75 Å². The summed E-state index contributed by atoms with van der Waals surface area (Å²) >= 11 is 0. The molecule has 0 atom stereocenters. The number of carbonyl (C=O) groups is 1. The van der Waals surface area contributed by atoms with E-state index in [1.165, 1.54) is 5.57 Å². The smallest absolute Gasteiger partial charge is 0.303 e. The van der Waals surface area contributed by atoms with E-state index in [2.05, 4.69) is 38.3 Å². The van der Waals surface area contributed by atoms with Gasteiger partial charge in [-0.1, -0.05) is 0 Å². The van der Waals surface area contributed by atoms with Gasteiger partial charge < -0.3 is 31.7 Å². The second kappa shape index (κ2) is 11.3. The molecule has 0 saturated carbocycles. The number of hydrogen-bond donors (Lipinski definition) is 2. The minimum absolute atomic E-state index is 0. The Morgan fingerprint density at radius 3 is 2.48 bits per heavy atom. The molecule has 7 heteroatoms. The molecule has 2 aromatic rings. The molecule has 0 bridgehead atoms. The van der Waals surface area contributed by atoms with Crippen LogP contribution in [0.25, 0.3) is 6.08 Å². The molecule has 0 spiro atoms. The van der Waals surface area contributed by atoms with Crippen molar-refractivity contribution in [2.45, 2.75) is 32.6 Å². The number of quaternary nitrogens is 1. The largest absolute Gasteiger partial charge is 1.00 e. The number of benzene rings is 1. The Morgan fingerprint density at radius 1 is 1.18 bits per heavy atom. The van der Waals surface area contributed by atoms with Gasteiger partial charge in [-0.15, -0.1) is 0 Å². The summed E-state index contributed by atoms with van der Waals surface area (Å²) in [7, 11) is 8.29. The summed E-state index contributed by atoms with van der Waals surface area (Å²) in [6, 6.07) is 10.00.